The minimum Gasteiger partial charge on any atom is -0.310 e. The zero-order valence-electron chi connectivity index (χ0n) is 10.4. The molecule has 0 saturated carbocycles. The lowest BCUT2D eigenvalue weighted by molar-refractivity contribution is 0.443. The van der Waals surface area contributed by atoms with Crippen LogP contribution in [0.25, 0.3) is 0 Å². The molecule has 2 atom stereocenters. The van der Waals surface area contributed by atoms with Crippen molar-refractivity contribution < 1.29 is 0 Å². The van der Waals surface area contributed by atoms with E-state index in [2.05, 4.69) is 52.8 Å². The van der Waals surface area contributed by atoms with E-state index in [9.17, 15) is 0 Å². The standard InChI is InChI=1S/C16H18N2/c1-2-5-13(6-3-1)12-18-15-9-8-14-7-4-10-17-16(14)11-15/h1-8,10,15-16,18H,9,11-12H2. The molecule has 2 aliphatic rings. The van der Waals surface area contributed by atoms with Crippen molar-refractivity contribution in [2.45, 2.75) is 31.5 Å². The fourth-order valence-corrected chi connectivity index (χ4v) is 2.57. The van der Waals surface area contributed by atoms with E-state index in [0.717, 1.165) is 19.4 Å². The van der Waals surface area contributed by atoms with Crippen LogP contribution in [0, 0.1) is 0 Å². The van der Waals surface area contributed by atoms with E-state index in [4.69, 9.17) is 0 Å². The smallest absolute Gasteiger partial charge is 0.0760 e. The van der Waals surface area contributed by atoms with Crippen LogP contribution in [0.3, 0.4) is 0 Å². The van der Waals surface area contributed by atoms with Crippen LogP contribution in [0.2, 0.25) is 0 Å². The Morgan fingerprint density at radius 2 is 2.11 bits per heavy atom. The maximum Gasteiger partial charge on any atom is 0.0760 e. The van der Waals surface area contributed by atoms with Crippen molar-refractivity contribution in [2.24, 2.45) is 4.99 Å². The maximum atomic E-state index is 4.54. The fraction of sp³-hybridized carbons (Fsp3) is 0.312. The lowest BCUT2D eigenvalue weighted by Crippen LogP contribution is -2.35. The Labute approximate surface area is 108 Å². The molecule has 0 fully saturated rings. The molecule has 1 aliphatic heterocycles. The van der Waals surface area contributed by atoms with Gasteiger partial charge in [-0.3, -0.25) is 4.99 Å². The zero-order valence-corrected chi connectivity index (χ0v) is 10.4. The number of allylic oxidation sites excluding steroid dienone is 1. The van der Waals surface area contributed by atoms with Crippen LogP contribution in [0.15, 0.2) is 59.1 Å². The number of fused-ring (bicyclic) bond motifs is 1. The number of aliphatic imine (C=N–C) groups is 1. The summed E-state index contributed by atoms with van der Waals surface area (Å²) in [6.45, 7) is 0.945. The van der Waals surface area contributed by atoms with Gasteiger partial charge in [-0.2, -0.15) is 0 Å². The Kier molecular flexibility index (Phi) is 3.37. The number of benzene rings is 1. The number of nitrogens with one attached hydrogen (secondary N) is 1. The van der Waals surface area contributed by atoms with Gasteiger partial charge in [0.1, 0.15) is 0 Å². The quantitative estimate of drug-likeness (QED) is 0.860. The molecule has 3 rings (SSSR count). The Balaban J connectivity index is 1.58. The third kappa shape index (κ3) is 2.59. The Morgan fingerprint density at radius 1 is 1.22 bits per heavy atom. The minimum atomic E-state index is 0.372. The van der Waals surface area contributed by atoms with Gasteiger partial charge in [0.05, 0.1) is 6.04 Å². The summed E-state index contributed by atoms with van der Waals surface area (Å²) < 4.78 is 0. The van der Waals surface area contributed by atoms with Gasteiger partial charge in [-0.1, -0.05) is 42.5 Å². The van der Waals surface area contributed by atoms with E-state index >= 15 is 0 Å². The number of nitrogens with zero attached hydrogens (tertiary/aromatic N) is 1. The second kappa shape index (κ2) is 5.32. The van der Waals surface area contributed by atoms with Crippen molar-refractivity contribution in [2.75, 3.05) is 0 Å². The van der Waals surface area contributed by atoms with Crippen LogP contribution in [0.5, 0.6) is 0 Å². The van der Waals surface area contributed by atoms with Crippen molar-refractivity contribution in [1.82, 2.24) is 5.32 Å². The molecule has 0 radical (unpaired) electrons. The lowest BCUT2D eigenvalue weighted by atomic mass is 9.89. The molecule has 92 valence electrons. The molecule has 2 unspecified atom stereocenters. The molecular weight excluding hydrogens is 220 g/mol. The monoisotopic (exact) mass is 238 g/mol. The first kappa shape index (κ1) is 11.4. The summed E-state index contributed by atoms with van der Waals surface area (Å²) in [4.78, 5) is 4.54. The third-order valence-corrected chi connectivity index (χ3v) is 3.61. The van der Waals surface area contributed by atoms with Gasteiger partial charge in [-0.05, 0) is 30.1 Å². The molecule has 2 nitrogen and oxygen atoms in total. The Hall–Kier alpha value is -1.67. The highest BCUT2D eigenvalue weighted by molar-refractivity contribution is 5.74. The predicted octanol–water partition coefficient (Wildman–Crippen LogP) is 2.87. The summed E-state index contributed by atoms with van der Waals surface area (Å²) in [6.07, 6.45) is 10.7. The maximum absolute atomic E-state index is 4.54. The number of rotatable bonds is 3. The Bertz CT molecular complexity index is 485. The third-order valence-electron chi connectivity index (χ3n) is 3.61. The van der Waals surface area contributed by atoms with E-state index < -0.39 is 0 Å². The van der Waals surface area contributed by atoms with Gasteiger partial charge < -0.3 is 5.32 Å². The van der Waals surface area contributed by atoms with E-state index in [1.165, 1.54) is 11.1 Å². The normalized spacial score (nSPS) is 25.7. The molecule has 1 N–H and O–H groups in total. The average Bonchev–Trinajstić information content (AvgIpc) is 2.46. The van der Waals surface area contributed by atoms with E-state index in [1.807, 2.05) is 12.3 Å². The van der Waals surface area contributed by atoms with Crippen LogP contribution >= 0.6 is 0 Å². The van der Waals surface area contributed by atoms with Crippen molar-refractivity contribution in [3.63, 3.8) is 0 Å². The summed E-state index contributed by atoms with van der Waals surface area (Å²) in [5.74, 6) is 0. The van der Waals surface area contributed by atoms with Gasteiger partial charge in [0, 0.05) is 18.8 Å². The molecule has 0 amide bonds. The van der Waals surface area contributed by atoms with Gasteiger partial charge >= 0.3 is 0 Å². The van der Waals surface area contributed by atoms with Gasteiger partial charge in [0.15, 0.2) is 0 Å². The molecule has 0 spiro atoms. The van der Waals surface area contributed by atoms with Crippen LogP contribution in [0.1, 0.15) is 18.4 Å². The molecule has 18 heavy (non-hydrogen) atoms. The fourth-order valence-electron chi connectivity index (χ4n) is 2.57. The highest BCUT2D eigenvalue weighted by Crippen LogP contribution is 2.24. The summed E-state index contributed by atoms with van der Waals surface area (Å²) in [5, 5.41) is 3.63. The summed E-state index contributed by atoms with van der Waals surface area (Å²) in [5.41, 5.74) is 2.73. The molecule has 1 aromatic rings. The van der Waals surface area contributed by atoms with E-state index in [-0.39, 0.29) is 0 Å². The zero-order chi connectivity index (χ0) is 12.2. The number of hydrogen-bond donors (Lipinski definition) is 1. The van der Waals surface area contributed by atoms with Crippen LogP contribution in [-0.4, -0.2) is 18.3 Å². The van der Waals surface area contributed by atoms with Gasteiger partial charge in [0.25, 0.3) is 0 Å². The van der Waals surface area contributed by atoms with Crippen LogP contribution in [-0.2, 0) is 6.54 Å². The molecule has 0 aromatic heterocycles. The largest absolute Gasteiger partial charge is 0.310 e. The van der Waals surface area contributed by atoms with Crippen LogP contribution in [0.4, 0.5) is 0 Å². The number of dihydropyridines is 1. The topological polar surface area (TPSA) is 24.4 Å². The van der Waals surface area contributed by atoms with Crippen molar-refractivity contribution in [3.05, 3.63) is 59.7 Å². The second-order valence-corrected chi connectivity index (χ2v) is 4.91. The highest BCUT2D eigenvalue weighted by atomic mass is 14.9. The highest BCUT2D eigenvalue weighted by Gasteiger charge is 2.22. The molecular formula is C16H18N2. The van der Waals surface area contributed by atoms with Gasteiger partial charge in [-0.25, -0.2) is 0 Å². The SMILES string of the molecule is C1=CC2=CCC(NCc3ccccc3)CC2N=C1. The van der Waals surface area contributed by atoms with E-state index in [0.29, 0.717) is 12.1 Å². The molecule has 0 bridgehead atoms. The van der Waals surface area contributed by atoms with Gasteiger partial charge in [0.2, 0.25) is 0 Å². The molecule has 2 heteroatoms. The van der Waals surface area contributed by atoms with Crippen molar-refractivity contribution in [1.29, 1.82) is 0 Å². The van der Waals surface area contributed by atoms with Crippen molar-refractivity contribution >= 4 is 6.21 Å². The Morgan fingerprint density at radius 3 is 3.00 bits per heavy atom. The minimum absolute atomic E-state index is 0.372. The average molecular weight is 238 g/mol. The molecule has 0 saturated heterocycles. The molecule has 1 aliphatic carbocycles. The first-order valence-electron chi connectivity index (χ1n) is 6.59. The predicted molar refractivity (Wildman–Crippen MR) is 75.8 cm³/mol. The summed E-state index contributed by atoms with van der Waals surface area (Å²) >= 11 is 0. The molecule has 1 heterocycles. The van der Waals surface area contributed by atoms with Crippen molar-refractivity contribution in [3.8, 4) is 0 Å². The lowest BCUT2D eigenvalue weighted by Gasteiger charge is -2.28. The first-order valence-corrected chi connectivity index (χ1v) is 6.59. The van der Waals surface area contributed by atoms with Crippen LogP contribution < -0.4 is 5.32 Å². The first-order chi connectivity index (χ1) is 8.92. The van der Waals surface area contributed by atoms with Gasteiger partial charge in [-0.15, -0.1) is 0 Å². The molecule has 1 aromatic carbocycles. The summed E-state index contributed by atoms with van der Waals surface area (Å²) in [6, 6.07) is 11.5. The second-order valence-electron chi connectivity index (χ2n) is 4.91. The summed E-state index contributed by atoms with van der Waals surface area (Å²) in [7, 11) is 0. The van der Waals surface area contributed by atoms with E-state index in [1.54, 1.807) is 0 Å². The number of hydrogen-bond acceptors (Lipinski definition) is 2.